The van der Waals surface area contributed by atoms with Gasteiger partial charge in [0.1, 0.15) is 23.8 Å². The third-order valence-electron chi connectivity index (χ3n) is 4.42. The van der Waals surface area contributed by atoms with Crippen molar-refractivity contribution in [2.75, 3.05) is 14.2 Å². The Bertz CT molecular complexity index is 953. The lowest BCUT2D eigenvalue weighted by molar-refractivity contribution is -0.121. The van der Waals surface area contributed by atoms with E-state index in [1.807, 2.05) is 48.5 Å². The molecule has 1 amide bonds. The highest BCUT2D eigenvalue weighted by molar-refractivity contribution is 7.80. The highest BCUT2D eigenvalue weighted by Gasteiger charge is 2.26. The average Bonchev–Trinajstić information content (AvgIpc) is 2.94. The minimum Gasteiger partial charge on any atom is -0.496 e. The quantitative estimate of drug-likeness (QED) is 0.441. The second-order valence-electron chi connectivity index (χ2n) is 6.31. The third-order valence-corrected chi connectivity index (χ3v) is 4.79. The number of thiocarbonyl (C=S) groups is 1. The van der Waals surface area contributed by atoms with Gasteiger partial charge in [-0.25, -0.2) is 0 Å². The summed E-state index contributed by atoms with van der Waals surface area (Å²) in [5.41, 5.74) is 3.26. The van der Waals surface area contributed by atoms with E-state index >= 15 is 0 Å². The molecule has 1 aliphatic heterocycles. The Morgan fingerprint density at radius 2 is 1.96 bits per heavy atom. The van der Waals surface area contributed by atoms with Gasteiger partial charge in [-0.15, -0.1) is 6.58 Å². The zero-order chi connectivity index (χ0) is 20.1. The fraction of sp³-hybridized carbons (Fsp3) is 0.182. The molecule has 0 saturated carbocycles. The zero-order valence-electron chi connectivity index (χ0n) is 15.9. The van der Waals surface area contributed by atoms with Crippen LogP contribution in [0.3, 0.4) is 0 Å². The lowest BCUT2D eigenvalue weighted by Crippen LogP contribution is -2.25. The fourth-order valence-electron chi connectivity index (χ4n) is 2.92. The molecule has 0 bridgehead atoms. The summed E-state index contributed by atoms with van der Waals surface area (Å²) in [5, 5.41) is 3.32. The number of benzene rings is 2. The van der Waals surface area contributed by atoms with Crippen LogP contribution < -0.4 is 14.8 Å². The van der Waals surface area contributed by atoms with Gasteiger partial charge in [-0.1, -0.05) is 30.3 Å². The average molecular weight is 394 g/mol. The lowest BCUT2D eigenvalue weighted by Gasteiger charge is -2.13. The predicted molar refractivity (Wildman–Crippen MR) is 114 cm³/mol. The van der Waals surface area contributed by atoms with Crippen molar-refractivity contribution in [3.63, 3.8) is 0 Å². The van der Waals surface area contributed by atoms with Gasteiger partial charge in [-0.05, 0) is 54.0 Å². The van der Waals surface area contributed by atoms with Crippen LogP contribution in [0, 0.1) is 0 Å². The summed E-state index contributed by atoms with van der Waals surface area (Å²) >= 11 is 5.11. The van der Waals surface area contributed by atoms with Crippen LogP contribution in [-0.2, 0) is 17.8 Å². The third kappa shape index (κ3) is 4.23. The number of hydrogen-bond donors (Lipinski definition) is 1. The van der Waals surface area contributed by atoms with Crippen LogP contribution in [0.5, 0.6) is 11.5 Å². The van der Waals surface area contributed by atoms with E-state index in [9.17, 15) is 4.79 Å². The maximum Gasteiger partial charge on any atom is 0.276 e. The standard InChI is InChI=1S/C22H22N2O3S/c1-4-7-16-8-5-6-9-20(16)27-14-17-12-15(10-11-19(17)26-3)13-18-21(25)24(2)22(28)23-18/h4-6,8-13H,1,7,14H2,2-3H3,(H,23,28)/b18-13+. The van der Waals surface area contributed by atoms with Gasteiger partial charge < -0.3 is 14.8 Å². The highest BCUT2D eigenvalue weighted by atomic mass is 32.1. The van der Waals surface area contributed by atoms with Gasteiger partial charge >= 0.3 is 0 Å². The van der Waals surface area contributed by atoms with Gasteiger partial charge in [0.25, 0.3) is 5.91 Å². The van der Waals surface area contributed by atoms with E-state index in [1.165, 1.54) is 4.90 Å². The Morgan fingerprint density at radius 1 is 1.18 bits per heavy atom. The predicted octanol–water partition coefficient (Wildman–Crippen LogP) is 3.69. The molecule has 144 valence electrons. The molecule has 0 radical (unpaired) electrons. The first-order chi connectivity index (χ1) is 13.5. The molecule has 0 aliphatic carbocycles. The van der Waals surface area contributed by atoms with E-state index in [1.54, 1.807) is 20.2 Å². The van der Waals surface area contributed by atoms with Gasteiger partial charge in [0.15, 0.2) is 5.11 Å². The number of allylic oxidation sites excluding steroid dienone is 1. The van der Waals surface area contributed by atoms with E-state index in [4.69, 9.17) is 21.7 Å². The van der Waals surface area contributed by atoms with E-state index in [-0.39, 0.29) is 5.91 Å². The number of para-hydroxylation sites is 1. The molecule has 2 aromatic carbocycles. The Balaban J connectivity index is 1.83. The SMILES string of the molecule is C=CCc1ccccc1OCc1cc(/C=C2/NC(=S)N(C)C2=O)ccc1OC. The summed E-state index contributed by atoms with van der Waals surface area (Å²) in [5.74, 6) is 1.38. The Hall–Kier alpha value is -3.12. The fourth-order valence-corrected chi connectivity index (χ4v) is 3.11. The largest absolute Gasteiger partial charge is 0.496 e. The smallest absolute Gasteiger partial charge is 0.276 e. The molecule has 28 heavy (non-hydrogen) atoms. The van der Waals surface area contributed by atoms with E-state index < -0.39 is 0 Å². The summed E-state index contributed by atoms with van der Waals surface area (Å²) in [6, 6.07) is 13.6. The Morgan fingerprint density at radius 3 is 2.64 bits per heavy atom. The molecular weight excluding hydrogens is 372 g/mol. The lowest BCUT2D eigenvalue weighted by atomic mass is 10.1. The number of ether oxygens (including phenoxy) is 2. The summed E-state index contributed by atoms with van der Waals surface area (Å²) in [6.07, 6.45) is 4.36. The number of likely N-dealkylation sites (N-methyl/N-ethyl adjacent to an activating group) is 1. The van der Waals surface area contributed by atoms with E-state index in [0.29, 0.717) is 17.4 Å². The number of methoxy groups -OCH3 is 1. The van der Waals surface area contributed by atoms with Crippen LogP contribution in [0.25, 0.3) is 6.08 Å². The first-order valence-electron chi connectivity index (χ1n) is 8.82. The second-order valence-corrected chi connectivity index (χ2v) is 6.70. The second kappa shape index (κ2) is 8.71. The topological polar surface area (TPSA) is 50.8 Å². The monoisotopic (exact) mass is 394 g/mol. The molecular formula is C22H22N2O3S. The van der Waals surface area contributed by atoms with Crippen molar-refractivity contribution in [2.45, 2.75) is 13.0 Å². The molecule has 1 fully saturated rings. The van der Waals surface area contributed by atoms with Crippen molar-refractivity contribution in [1.82, 2.24) is 10.2 Å². The van der Waals surface area contributed by atoms with Crippen LogP contribution in [0.2, 0.25) is 0 Å². The molecule has 1 heterocycles. The molecule has 0 unspecified atom stereocenters. The summed E-state index contributed by atoms with van der Waals surface area (Å²) in [6.45, 7) is 4.13. The normalized spacial score (nSPS) is 14.9. The van der Waals surface area contributed by atoms with Crippen molar-refractivity contribution in [2.24, 2.45) is 0 Å². The number of carbonyl (C=O) groups is 1. The number of rotatable bonds is 7. The molecule has 0 aromatic heterocycles. The first kappa shape index (κ1) is 19.6. The van der Waals surface area contributed by atoms with Gasteiger partial charge in [-0.2, -0.15) is 0 Å². The minimum atomic E-state index is -0.156. The van der Waals surface area contributed by atoms with Crippen molar-refractivity contribution >= 4 is 29.3 Å². The maximum absolute atomic E-state index is 12.2. The van der Waals surface area contributed by atoms with Gasteiger partial charge in [0.2, 0.25) is 0 Å². The number of hydrogen-bond acceptors (Lipinski definition) is 4. The highest BCUT2D eigenvalue weighted by Crippen LogP contribution is 2.25. The number of carbonyl (C=O) groups excluding carboxylic acids is 1. The zero-order valence-corrected chi connectivity index (χ0v) is 16.7. The van der Waals surface area contributed by atoms with E-state index in [0.717, 1.165) is 34.6 Å². The van der Waals surface area contributed by atoms with Gasteiger partial charge in [0.05, 0.1) is 7.11 Å². The van der Waals surface area contributed by atoms with Crippen LogP contribution in [0.4, 0.5) is 0 Å². The molecule has 0 spiro atoms. The van der Waals surface area contributed by atoms with Crippen molar-refractivity contribution < 1.29 is 14.3 Å². The maximum atomic E-state index is 12.2. The van der Waals surface area contributed by atoms with Crippen LogP contribution in [0.15, 0.2) is 60.8 Å². The number of nitrogens with zero attached hydrogens (tertiary/aromatic N) is 1. The van der Waals surface area contributed by atoms with Gasteiger partial charge in [-0.3, -0.25) is 9.69 Å². The van der Waals surface area contributed by atoms with Crippen LogP contribution in [0.1, 0.15) is 16.7 Å². The van der Waals surface area contributed by atoms with Crippen molar-refractivity contribution in [1.29, 1.82) is 0 Å². The number of nitrogens with one attached hydrogen (secondary N) is 1. The summed E-state index contributed by atoms with van der Waals surface area (Å²) in [7, 11) is 3.27. The summed E-state index contributed by atoms with van der Waals surface area (Å²) in [4.78, 5) is 13.6. The van der Waals surface area contributed by atoms with Crippen LogP contribution in [-0.4, -0.2) is 30.1 Å². The number of amides is 1. The Kier molecular flexibility index (Phi) is 6.11. The minimum absolute atomic E-state index is 0.156. The van der Waals surface area contributed by atoms with Crippen molar-refractivity contribution in [3.8, 4) is 11.5 Å². The first-order valence-corrected chi connectivity index (χ1v) is 9.23. The molecule has 1 aliphatic rings. The molecule has 1 saturated heterocycles. The molecule has 6 heteroatoms. The molecule has 2 aromatic rings. The van der Waals surface area contributed by atoms with Crippen LogP contribution >= 0.6 is 12.2 Å². The van der Waals surface area contributed by atoms with Crippen molar-refractivity contribution in [3.05, 3.63) is 77.5 Å². The van der Waals surface area contributed by atoms with E-state index in [2.05, 4.69) is 11.9 Å². The summed E-state index contributed by atoms with van der Waals surface area (Å²) < 4.78 is 11.5. The van der Waals surface area contributed by atoms with Gasteiger partial charge in [0, 0.05) is 12.6 Å². The Labute approximate surface area is 170 Å². The molecule has 3 rings (SSSR count). The molecule has 1 N–H and O–H groups in total. The molecule has 5 nitrogen and oxygen atoms in total. The molecule has 0 atom stereocenters.